The summed E-state index contributed by atoms with van der Waals surface area (Å²) in [6, 6.07) is 0. The minimum absolute atomic E-state index is 0.946. The second kappa shape index (κ2) is 8.83. The maximum Gasteiger partial charge on any atom is -0.0140 e. The minimum Gasteiger partial charge on any atom is -0.312 e. The van der Waals surface area contributed by atoms with Crippen molar-refractivity contribution in [2.75, 3.05) is 21.1 Å². The molecule has 0 heterocycles. The van der Waals surface area contributed by atoms with E-state index in [0.717, 1.165) is 5.92 Å². The molecular weight excluding hydrogens is 277 g/mol. The third-order valence-electron chi connectivity index (χ3n) is 0.408. The smallest absolute Gasteiger partial charge is 0.0140 e. The predicted octanol–water partition coefficient (Wildman–Crippen LogP) is 1.79. The Morgan fingerprint density at radius 3 is 1.33 bits per heavy atom. The molecule has 0 bridgehead atoms. The van der Waals surface area contributed by atoms with Crippen LogP contribution in [0.1, 0.15) is 13.8 Å². The molecular formula is C7H18HfN. The van der Waals surface area contributed by atoms with Crippen molar-refractivity contribution in [3.8, 4) is 0 Å². The van der Waals surface area contributed by atoms with Crippen LogP contribution in [-0.4, -0.2) is 26.0 Å². The quantitative estimate of drug-likeness (QED) is 0.667. The number of hydrogen-bond acceptors (Lipinski definition) is 1. The van der Waals surface area contributed by atoms with E-state index in [2.05, 4.69) is 13.8 Å². The Labute approximate surface area is 74.4 Å². The van der Waals surface area contributed by atoms with Gasteiger partial charge in [0.1, 0.15) is 0 Å². The molecule has 0 N–H and O–H groups in total. The van der Waals surface area contributed by atoms with Crippen molar-refractivity contribution in [1.82, 2.24) is 4.90 Å². The first kappa shape index (κ1) is 12.5. The van der Waals surface area contributed by atoms with Crippen LogP contribution in [0.15, 0.2) is 0 Å². The fourth-order valence-corrected chi connectivity index (χ4v) is 0. The van der Waals surface area contributed by atoms with E-state index in [9.17, 15) is 0 Å². The van der Waals surface area contributed by atoms with Crippen molar-refractivity contribution < 1.29 is 24.4 Å². The van der Waals surface area contributed by atoms with Gasteiger partial charge in [0.05, 0.1) is 0 Å². The summed E-state index contributed by atoms with van der Waals surface area (Å²) in [6.45, 7) is 4.51. The molecule has 0 aliphatic rings. The zero-order valence-corrected chi connectivity index (χ0v) is 10.8. The molecule has 0 spiro atoms. The topological polar surface area (TPSA) is 3.24 Å². The molecule has 0 saturated heterocycles. The van der Waals surface area contributed by atoms with Gasteiger partial charge in [0.15, 0.2) is 0 Å². The maximum absolute atomic E-state index is 2.26. The van der Waals surface area contributed by atoms with Gasteiger partial charge < -0.3 is 4.90 Å². The molecule has 0 atom stereocenters. The van der Waals surface area contributed by atoms with Gasteiger partial charge in [0.2, 0.25) is 0 Å². The normalized spacial score (nSPS) is 9.11. The van der Waals surface area contributed by atoms with Crippen LogP contribution in [0.2, 0.25) is 4.18 Å². The van der Waals surface area contributed by atoms with E-state index in [-0.39, 0.29) is 0 Å². The molecule has 0 aliphatic carbocycles. The first-order valence-electron chi connectivity index (χ1n) is 3.26. The standard InChI is InChI=1S/C4H9.C3H9N.Hf/c2*1-4(2)3;/h4H,1H2,2-3H3;1-3H3;. The van der Waals surface area contributed by atoms with Crippen molar-refractivity contribution in [1.29, 1.82) is 0 Å². The van der Waals surface area contributed by atoms with Crippen LogP contribution in [0.25, 0.3) is 0 Å². The Hall–Kier alpha value is 0.830. The summed E-state index contributed by atoms with van der Waals surface area (Å²) in [4.78, 5) is 2.00. The van der Waals surface area contributed by atoms with Gasteiger partial charge in [0, 0.05) is 0 Å². The summed E-state index contributed by atoms with van der Waals surface area (Å²) in [6.07, 6.45) is 0. The summed E-state index contributed by atoms with van der Waals surface area (Å²) < 4.78 is 1.44. The van der Waals surface area contributed by atoms with Gasteiger partial charge in [-0.1, -0.05) is 0 Å². The molecule has 0 radical (unpaired) electrons. The van der Waals surface area contributed by atoms with Crippen molar-refractivity contribution in [2.24, 2.45) is 5.92 Å². The van der Waals surface area contributed by atoms with Gasteiger partial charge in [-0.05, 0) is 21.1 Å². The van der Waals surface area contributed by atoms with E-state index in [1.165, 1.54) is 28.6 Å². The number of hydrogen-bond donors (Lipinski definition) is 0. The molecule has 55 valence electrons. The third kappa shape index (κ3) is 51.4. The number of rotatable bonds is 1. The molecule has 0 amide bonds. The Morgan fingerprint density at radius 2 is 1.33 bits per heavy atom. The Bertz CT molecular complexity index is 41.4. The molecule has 0 rings (SSSR count). The largest absolute Gasteiger partial charge is 0.312 e. The number of nitrogens with zero attached hydrogens (tertiary/aromatic N) is 1. The maximum atomic E-state index is 2.26. The van der Waals surface area contributed by atoms with Crippen LogP contribution in [0, 0.1) is 5.92 Å². The second-order valence-corrected chi connectivity index (χ2v) is 4.41. The van der Waals surface area contributed by atoms with Crippen LogP contribution in [-0.2, 0) is 24.4 Å². The van der Waals surface area contributed by atoms with Gasteiger partial charge in [-0.25, -0.2) is 0 Å². The van der Waals surface area contributed by atoms with Crippen LogP contribution in [0.5, 0.6) is 0 Å². The zero-order chi connectivity index (χ0) is 7.86. The van der Waals surface area contributed by atoms with Crippen LogP contribution in [0.3, 0.4) is 0 Å². The van der Waals surface area contributed by atoms with Gasteiger partial charge in [-0.15, -0.1) is 0 Å². The molecule has 0 aliphatic heterocycles. The Kier molecular flexibility index (Phi) is 12.3. The van der Waals surface area contributed by atoms with Crippen molar-refractivity contribution >= 4 is 0 Å². The first-order valence-corrected chi connectivity index (χ1v) is 5.80. The second-order valence-electron chi connectivity index (χ2n) is 2.94. The molecule has 1 nitrogen and oxygen atoms in total. The van der Waals surface area contributed by atoms with E-state index in [1.54, 1.807) is 0 Å². The van der Waals surface area contributed by atoms with Gasteiger partial charge in [-0.2, -0.15) is 0 Å². The molecule has 0 aromatic rings. The fraction of sp³-hybridized carbons (Fsp3) is 1.00. The van der Waals surface area contributed by atoms with E-state index in [0.29, 0.717) is 0 Å². The predicted molar refractivity (Wildman–Crippen MR) is 39.3 cm³/mol. The summed E-state index contributed by atoms with van der Waals surface area (Å²) in [5.41, 5.74) is 0. The third-order valence-corrected chi connectivity index (χ3v) is 3.34. The molecule has 2 heteroatoms. The van der Waals surface area contributed by atoms with Crippen molar-refractivity contribution in [3.05, 3.63) is 0 Å². The van der Waals surface area contributed by atoms with Crippen molar-refractivity contribution in [2.45, 2.75) is 18.0 Å². The Morgan fingerprint density at radius 1 is 1.22 bits per heavy atom. The summed E-state index contributed by atoms with van der Waals surface area (Å²) in [7, 11) is 6.00. The molecule has 0 aromatic carbocycles. The van der Waals surface area contributed by atoms with Crippen LogP contribution >= 0.6 is 0 Å². The van der Waals surface area contributed by atoms with E-state index in [4.69, 9.17) is 0 Å². The molecule has 9 heavy (non-hydrogen) atoms. The summed E-state index contributed by atoms with van der Waals surface area (Å²) >= 11 is 1.37. The van der Waals surface area contributed by atoms with E-state index >= 15 is 0 Å². The van der Waals surface area contributed by atoms with Crippen LogP contribution in [0.4, 0.5) is 0 Å². The van der Waals surface area contributed by atoms with Gasteiger partial charge in [-0.3, -0.25) is 0 Å². The monoisotopic (exact) mass is 296 g/mol. The average Bonchev–Trinajstić information content (AvgIpc) is 1.65. The summed E-state index contributed by atoms with van der Waals surface area (Å²) in [5, 5.41) is 0. The fourth-order valence-electron chi connectivity index (χ4n) is 0. The zero-order valence-electron chi connectivity index (χ0n) is 7.23. The summed E-state index contributed by atoms with van der Waals surface area (Å²) in [5.74, 6) is 0.946. The van der Waals surface area contributed by atoms with E-state index < -0.39 is 0 Å². The molecule has 0 fully saturated rings. The van der Waals surface area contributed by atoms with E-state index in [1.807, 2.05) is 26.0 Å². The molecule has 0 aromatic heterocycles. The average molecular weight is 295 g/mol. The molecule has 0 saturated carbocycles. The van der Waals surface area contributed by atoms with Gasteiger partial charge >= 0.3 is 48.3 Å². The molecule has 0 unspecified atom stereocenters. The SMILES string of the molecule is CC(C)[CH2][Hf].CN(C)C. The first-order chi connectivity index (χ1) is 4.00. The Balaban J connectivity index is 0. The minimum atomic E-state index is 0.946. The van der Waals surface area contributed by atoms with Crippen LogP contribution < -0.4 is 0 Å². The van der Waals surface area contributed by atoms with Gasteiger partial charge in [0.25, 0.3) is 0 Å². The van der Waals surface area contributed by atoms with Crippen molar-refractivity contribution in [3.63, 3.8) is 0 Å².